The van der Waals surface area contributed by atoms with E-state index in [1.165, 1.54) is 51.5 Å². The summed E-state index contributed by atoms with van der Waals surface area (Å²) in [6, 6.07) is 0.693. The Morgan fingerprint density at radius 2 is 1.94 bits per heavy atom. The molecule has 0 aromatic heterocycles. The Morgan fingerprint density at radius 1 is 1.22 bits per heavy atom. The number of rotatable bonds is 7. The Kier molecular flexibility index (Phi) is 6.65. The van der Waals surface area contributed by atoms with E-state index in [2.05, 4.69) is 32.6 Å². The van der Waals surface area contributed by atoms with Gasteiger partial charge in [0, 0.05) is 18.1 Å². The Labute approximate surface area is 114 Å². The molecule has 1 fully saturated rings. The molecule has 0 amide bonds. The number of nitrogens with zero attached hydrogens (tertiary/aromatic N) is 1. The third-order valence-electron chi connectivity index (χ3n) is 5.08. The zero-order valence-electron chi connectivity index (χ0n) is 13.0. The van der Waals surface area contributed by atoms with Gasteiger partial charge in [-0.05, 0) is 45.6 Å². The Balaban J connectivity index is 2.55. The zero-order valence-corrected chi connectivity index (χ0v) is 13.0. The lowest BCUT2D eigenvalue weighted by Crippen LogP contribution is -2.58. The minimum Gasteiger partial charge on any atom is -0.329 e. The molecule has 0 aromatic rings. The zero-order chi connectivity index (χ0) is 13.6. The molecule has 2 heteroatoms. The second kappa shape index (κ2) is 7.49. The van der Waals surface area contributed by atoms with Crippen molar-refractivity contribution in [3.63, 3.8) is 0 Å². The molecule has 1 aliphatic heterocycles. The standard InChI is InChI=1S/C16H34N2/c1-5-6-7-8-11-16(4,13-17)18-12-9-10-14(2)15(18)3/h14-15H,5-13,17H2,1-4H3. The lowest BCUT2D eigenvalue weighted by molar-refractivity contribution is 0.00835. The molecule has 0 saturated carbocycles. The van der Waals surface area contributed by atoms with Crippen LogP contribution in [0.25, 0.3) is 0 Å². The molecule has 1 saturated heterocycles. The van der Waals surface area contributed by atoms with Gasteiger partial charge < -0.3 is 5.73 Å². The van der Waals surface area contributed by atoms with Crippen LogP contribution < -0.4 is 5.73 Å². The first-order chi connectivity index (χ1) is 8.55. The molecule has 1 aliphatic rings. The topological polar surface area (TPSA) is 29.3 Å². The lowest BCUT2D eigenvalue weighted by Gasteiger charge is -2.49. The van der Waals surface area contributed by atoms with Crippen molar-refractivity contribution in [3.8, 4) is 0 Å². The highest BCUT2D eigenvalue weighted by Crippen LogP contribution is 2.32. The van der Waals surface area contributed by atoms with Gasteiger partial charge in [0.25, 0.3) is 0 Å². The van der Waals surface area contributed by atoms with E-state index in [0.29, 0.717) is 6.04 Å². The maximum atomic E-state index is 6.12. The van der Waals surface area contributed by atoms with Gasteiger partial charge >= 0.3 is 0 Å². The molecule has 2 N–H and O–H groups in total. The van der Waals surface area contributed by atoms with E-state index in [1.54, 1.807) is 0 Å². The summed E-state index contributed by atoms with van der Waals surface area (Å²) in [6.07, 6.45) is 9.37. The predicted molar refractivity (Wildman–Crippen MR) is 80.8 cm³/mol. The van der Waals surface area contributed by atoms with E-state index in [9.17, 15) is 0 Å². The van der Waals surface area contributed by atoms with Crippen molar-refractivity contribution in [1.82, 2.24) is 4.90 Å². The van der Waals surface area contributed by atoms with Crippen LogP contribution in [0.4, 0.5) is 0 Å². The highest BCUT2D eigenvalue weighted by atomic mass is 15.2. The van der Waals surface area contributed by atoms with Crippen LogP contribution in [-0.4, -0.2) is 29.6 Å². The summed E-state index contributed by atoms with van der Waals surface area (Å²) in [5, 5.41) is 0. The van der Waals surface area contributed by atoms with Gasteiger partial charge in [-0.15, -0.1) is 0 Å². The quantitative estimate of drug-likeness (QED) is 0.700. The summed E-state index contributed by atoms with van der Waals surface area (Å²) in [7, 11) is 0. The first kappa shape index (κ1) is 16.0. The van der Waals surface area contributed by atoms with E-state index >= 15 is 0 Å². The average molecular weight is 254 g/mol. The third-order valence-corrected chi connectivity index (χ3v) is 5.08. The van der Waals surface area contributed by atoms with E-state index in [-0.39, 0.29) is 5.54 Å². The van der Waals surface area contributed by atoms with Crippen LogP contribution >= 0.6 is 0 Å². The Morgan fingerprint density at radius 3 is 2.56 bits per heavy atom. The number of likely N-dealkylation sites (tertiary alicyclic amines) is 1. The summed E-state index contributed by atoms with van der Waals surface area (Å²) < 4.78 is 0. The fraction of sp³-hybridized carbons (Fsp3) is 1.00. The monoisotopic (exact) mass is 254 g/mol. The van der Waals surface area contributed by atoms with Crippen molar-refractivity contribution in [2.24, 2.45) is 11.7 Å². The molecule has 0 radical (unpaired) electrons. The van der Waals surface area contributed by atoms with Gasteiger partial charge in [-0.1, -0.05) is 39.5 Å². The van der Waals surface area contributed by atoms with Gasteiger partial charge in [0.15, 0.2) is 0 Å². The lowest BCUT2D eigenvalue weighted by atomic mass is 9.84. The van der Waals surface area contributed by atoms with Gasteiger partial charge in [-0.2, -0.15) is 0 Å². The maximum absolute atomic E-state index is 6.12. The Hall–Kier alpha value is -0.0800. The van der Waals surface area contributed by atoms with Crippen molar-refractivity contribution in [2.45, 2.75) is 84.2 Å². The number of piperidine rings is 1. The molecule has 1 heterocycles. The third kappa shape index (κ3) is 3.96. The SMILES string of the molecule is CCCCCCC(C)(CN)N1CCCC(C)C1C. The van der Waals surface area contributed by atoms with E-state index in [0.717, 1.165) is 12.5 Å². The van der Waals surface area contributed by atoms with Crippen molar-refractivity contribution in [2.75, 3.05) is 13.1 Å². The van der Waals surface area contributed by atoms with Crippen LogP contribution in [0.3, 0.4) is 0 Å². The summed E-state index contributed by atoms with van der Waals surface area (Å²) >= 11 is 0. The largest absolute Gasteiger partial charge is 0.329 e. The second-order valence-corrected chi connectivity index (χ2v) is 6.57. The highest BCUT2D eigenvalue weighted by Gasteiger charge is 2.36. The van der Waals surface area contributed by atoms with Gasteiger partial charge in [0.2, 0.25) is 0 Å². The molecule has 2 nitrogen and oxygen atoms in total. The highest BCUT2D eigenvalue weighted by molar-refractivity contribution is 4.93. The van der Waals surface area contributed by atoms with Crippen LogP contribution in [0.1, 0.15) is 72.6 Å². The second-order valence-electron chi connectivity index (χ2n) is 6.57. The average Bonchev–Trinajstić information content (AvgIpc) is 2.37. The van der Waals surface area contributed by atoms with E-state index in [4.69, 9.17) is 5.73 Å². The van der Waals surface area contributed by atoms with Crippen LogP contribution in [0.2, 0.25) is 0 Å². The van der Waals surface area contributed by atoms with Crippen molar-refractivity contribution < 1.29 is 0 Å². The van der Waals surface area contributed by atoms with Gasteiger partial charge in [0.05, 0.1) is 0 Å². The molecule has 0 spiro atoms. The molecule has 108 valence electrons. The fourth-order valence-electron chi connectivity index (χ4n) is 3.39. The number of hydrogen-bond acceptors (Lipinski definition) is 2. The van der Waals surface area contributed by atoms with Gasteiger partial charge in [-0.25, -0.2) is 0 Å². The predicted octanol–water partition coefficient (Wildman–Crippen LogP) is 3.79. The molecular weight excluding hydrogens is 220 g/mol. The summed E-state index contributed by atoms with van der Waals surface area (Å²) in [5.74, 6) is 0.820. The minimum atomic E-state index is 0.224. The molecular formula is C16H34N2. The molecule has 18 heavy (non-hydrogen) atoms. The number of nitrogens with two attached hydrogens (primary N) is 1. The van der Waals surface area contributed by atoms with E-state index in [1.807, 2.05) is 0 Å². The first-order valence-corrected chi connectivity index (χ1v) is 8.02. The minimum absolute atomic E-state index is 0.224. The number of hydrogen-bond donors (Lipinski definition) is 1. The van der Waals surface area contributed by atoms with Crippen molar-refractivity contribution in [3.05, 3.63) is 0 Å². The Bertz CT molecular complexity index is 229. The van der Waals surface area contributed by atoms with Crippen molar-refractivity contribution >= 4 is 0 Å². The normalized spacial score (nSPS) is 29.2. The summed E-state index contributed by atoms with van der Waals surface area (Å²) in [4.78, 5) is 2.70. The maximum Gasteiger partial charge on any atom is 0.0306 e. The number of unbranched alkanes of at least 4 members (excludes halogenated alkanes) is 3. The fourth-order valence-corrected chi connectivity index (χ4v) is 3.39. The van der Waals surface area contributed by atoms with Crippen LogP contribution in [0, 0.1) is 5.92 Å². The molecule has 3 atom stereocenters. The van der Waals surface area contributed by atoms with Crippen LogP contribution in [-0.2, 0) is 0 Å². The summed E-state index contributed by atoms with van der Waals surface area (Å²) in [6.45, 7) is 11.5. The first-order valence-electron chi connectivity index (χ1n) is 8.02. The molecule has 0 aliphatic carbocycles. The van der Waals surface area contributed by atoms with Crippen LogP contribution in [0.5, 0.6) is 0 Å². The summed E-state index contributed by atoms with van der Waals surface area (Å²) in [5.41, 5.74) is 6.34. The van der Waals surface area contributed by atoms with Crippen molar-refractivity contribution in [1.29, 1.82) is 0 Å². The smallest absolute Gasteiger partial charge is 0.0306 e. The molecule has 3 unspecified atom stereocenters. The van der Waals surface area contributed by atoms with Gasteiger partial charge in [0.1, 0.15) is 0 Å². The van der Waals surface area contributed by atoms with Crippen LogP contribution in [0.15, 0.2) is 0 Å². The molecule has 0 bridgehead atoms. The molecule has 0 aromatic carbocycles. The van der Waals surface area contributed by atoms with Gasteiger partial charge in [-0.3, -0.25) is 4.90 Å². The van der Waals surface area contributed by atoms with E-state index < -0.39 is 0 Å². The molecule has 1 rings (SSSR count).